The SMILES string of the molecule is O=NN(CCCl)C(=O)Nc1ccc(F)cc1F. The van der Waals surface area contributed by atoms with E-state index in [1.165, 1.54) is 0 Å². The smallest absolute Gasteiger partial charge is 0.303 e. The second-order valence-electron chi connectivity index (χ2n) is 2.95. The normalized spacial score (nSPS) is 9.82. The van der Waals surface area contributed by atoms with E-state index in [2.05, 4.69) is 10.6 Å². The molecular formula is C9H8ClF2N3O2. The predicted molar refractivity (Wildman–Crippen MR) is 58.6 cm³/mol. The first kappa shape index (κ1) is 13.3. The predicted octanol–water partition coefficient (Wildman–Crippen LogP) is 2.72. The van der Waals surface area contributed by atoms with Crippen molar-refractivity contribution in [3.8, 4) is 0 Å². The molecular weight excluding hydrogens is 256 g/mol. The molecule has 17 heavy (non-hydrogen) atoms. The summed E-state index contributed by atoms with van der Waals surface area (Å²) in [6.45, 7) is -0.111. The molecule has 0 unspecified atom stereocenters. The molecule has 0 aromatic heterocycles. The number of carbonyl (C=O) groups is 1. The van der Waals surface area contributed by atoms with Crippen molar-refractivity contribution >= 4 is 23.3 Å². The molecule has 0 aliphatic carbocycles. The number of nitrogens with one attached hydrogen (secondary N) is 1. The maximum atomic E-state index is 13.2. The van der Waals surface area contributed by atoms with Gasteiger partial charge < -0.3 is 5.32 Å². The summed E-state index contributed by atoms with van der Waals surface area (Å²) in [5.74, 6) is -1.72. The minimum Gasteiger partial charge on any atom is -0.303 e. The highest BCUT2D eigenvalue weighted by molar-refractivity contribution is 6.18. The summed E-state index contributed by atoms with van der Waals surface area (Å²) in [5, 5.41) is 4.97. The van der Waals surface area contributed by atoms with E-state index < -0.39 is 17.7 Å². The van der Waals surface area contributed by atoms with Crippen molar-refractivity contribution in [2.75, 3.05) is 17.7 Å². The average Bonchev–Trinajstić information content (AvgIpc) is 2.29. The van der Waals surface area contributed by atoms with E-state index in [1.807, 2.05) is 0 Å². The van der Waals surface area contributed by atoms with Crippen LogP contribution in [0.2, 0.25) is 0 Å². The highest BCUT2D eigenvalue weighted by Gasteiger charge is 2.15. The molecule has 0 saturated carbocycles. The third-order valence-electron chi connectivity index (χ3n) is 1.80. The number of amides is 2. The lowest BCUT2D eigenvalue weighted by Crippen LogP contribution is -2.31. The van der Waals surface area contributed by atoms with Crippen molar-refractivity contribution in [1.29, 1.82) is 0 Å². The van der Waals surface area contributed by atoms with Gasteiger partial charge in [-0.1, -0.05) is 0 Å². The average molecular weight is 264 g/mol. The second-order valence-corrected chi connectivity index (χ2v) is 3.33. The molecule has 0 aliphatic rings. The van der Waals surface area contributed by atoms with Gasteiger partial charge in [0.15, 0.2) is 0 Å². The highest BCUT2D eigenvalue weighted by Crippen LogP contribution is 2.15. The lowest BCUT2D eigenvalue weighted by molar-refractivity contribution is 0.216. The number of carbonyl (C=O) groups excluding carboxylic acids is 1. The second kappa shape index (κ2) is 6.09. The van der Waals surface area contributed by atoms with Crippen molar-refractivity contribution in [2.45, 2.75) is 0 Å². The lowest BCUT2D eigenvalue weighted by Gasteiger charge is -2.13. The molecule has 0 aliphatic heterocycles. The Morgan fingerprint density at radius 1 is 1.47 bits per heavy atom. The van der Waals surface area contributed by atoms with Gasteiger partial charge in [-0.15, -0.1) is 16.5 Å². The number of anilines is 1. The molecule has 92 valence electrons. The van der Waals surface area contributed by atoms with Gasteiger partial charge >= 0.3 is 6.03 Å². The van der Waals surface area contributed by atoms with E-state index in [4.69, 9.17) is 11.6 Å². The summed E-state index contributed by atoms with van der Waals surface area (Å²) in [4.78, 5) is 21.6. The summed E-state index contributed by atoms with van der Waals surface area (Å²) in [7, 11) is 0. The minimum absolute atomic E-state index is 0.00502. The molecule has 0 bridgehead atoms. The van der Waals surface area contributed by atoms with Gasteiger partial charge in [0.05, 0.1) is 17.5 Å². The van der Waals surface area contributed by atoms with Crippen LogP contribution in [0.25, 0.3) is 0 Å². The number of hydrogen-bond donors (Lipinski definition) is 1. The number of benzene rings is 1. The van der Waals surface area contributed by atoms with Crippen molar-refractivity contribution in [2.24, 2.45) is 5.29 Å². The fraction of sp³-hybridized carbons (Fsp3) is 0.222. The number of halogens is 3. The summed E-state index contributed by atoms with van der Waals surface area (Å²) >= 11 is 5.33. The zero-order valence-electron chi connectivity index (χ0n) is 8.49. The van der Waals surface area contributed by atoms with Crippen molar-refractivity contribution in [3.63, 3.8) is 0 Å². The Hall–Kier alpha value is -1.76. The van der Waals surface area contributed by atoms with E-state index in [-0.39, 0.29) is 18.1 Å². The van der Waals surface area contributed by atoms with Gasteiger partial charge in [0.25, 0.3) is 0 Å². The lowest BCUT2D eigenvalue weighted by atomic mass is 10.3. The maximum Gasteiger partial charge on any atom is 0.344 e. The Morgan fingerprint density at radius 3 is 2.71 bits per heavy atom. The molecule has 0 radical (unpaired) electrons. The summed E-state index contributed by atoms with van der Waals surface area (Å²) < 4.78 is 25.7. The van der Waals surface area contributed by atoms with E-state index in [9.17, 15) is 18.5 Å². The van der Waals surface area contributed by atoms with Crippen LogP contribution in [-0.2, 0) is 0 Å². The number of urea groups is 1. The molecule has 0 spiro atoms. The van der Waals surface area contributed by atoms with E-state index >= 15 is 0 Å². The Balaban J connectivity index is 2.76. The minimum atomic E-state index is -0.949. The van der Waals surface area contributed by atoms with Gasteiger partial charge in [0, 0.05) is 11.9 Å². The van der Waals surface area contributed by atoms with Crippen LogP contribution in [0.15, 0.2) is 23.5 Å². The van der Waals surface area contributed by atoms with Crippen molar-refractivity contribution < 1.29 is 13.6 Å². The Morgan fingerprint density at radius 2 is 2.18 bits per heavy atom. The Kier molecular flexibility index (Phi) is 4.77. The molecule has 1 rings (SSSR count). The Bertz CT molecular complexity index is 431. The van der Waals surface area contributed by atoms with Gasteiger partial charge in [-0.05, 0) is 12.1 Å². The molecule has 0 heterocycles. The van der Waals surface area contributed by atoms with Gasteiger partial charge in [-0.3, -0.25) is 0 Å². The first-order chi connectivity index (χ1) is 8.08. The first-order valence-electron chi connectivity index (χ1n) is 4.51. The number of hydrogen-bond acceptors (Lipinski definition) is 3. The standard InChI is InChI=1S/C9H8ClF2N3O2/c10-3-4-15(14-17)9(16)13-8-2-1-6(11)5-7(8)12/h1-2,5H,3-4H2,(H,13,16). The van der Waals surface area contributed by atoms with Crippen LogP contribution in [0.3, 0.4) is 0 Å². The van der Waals surface area contributed by atoms with Crippen LogP contribution < -0.4 is 5.32 Å². The van der Waals surface area contributed by atoms with Gasteiger partial charge in [0.1, 0.15) is 11.6 Å². The van der Waals surface area contributed by atoms with Crippen molar-refractivity contribution in [1.82, 2.24) is 5.01 Å². The summed E-state index contributed by atoms with van der Waals surface area (Å²) in [6, 6.07) is 1.67. The fourth-order valence-corrected chi connectivity index (χ4v) is 1.19. The highest BCUT2D eigenvalue weighted by atomic mass is 35.5. The van der Waals surface area contributed by atoms with Gasteiger partial charge in [0.2, 0.25) is 0 Å². The number of rotatable bonds is 4. The molecule has 0 saturated heterocycles. The van der Waals surface area contributed by atoms with Crippen molar-refractivity contribution in [3.05, 3.63) is 34.7 Å². The molecule has 2 amide bonds. The molecule has 1 aromatic carbocycles. The van der Waals surface area contributed by atoms with E-state index in [1.54, 1.807) is 0 Å². The third-order valence-corrected chi connectivity index (χ3v) is 1.97. The first-order valence-corrected chi connectivity index (χ1v) is 5.04. The third kappa shape index (κ3) is 3.63. The fourth-order valence-electron chi connectivity index (χ4n) is 1.03. The molecule has 1 N–H and O–H groups in total. The maximum absolute atomic E-state index is 13.2. The zero-order valence-corrected chi connectivity index (χ0v) is 9.25. The number of nitrogens with zero attached hydrogens (tertiary/aromatic N) is 2. The van der Waals surface area contributed by atoms with Crippen LogP contribution >= 0.6 is 11.6 Å². The number of nitroso groups, excluding NO2 is 1. The van der Waals surface area contributed by atoms with E-state index in [0.717, 1.165) is 12.1 Å². The molecule has 0 atom stereocenters. The van der Waals surface area contributed by atoms with Crippen LogP contribution in [0.4, 0.5) is 19.3 Å². The Labute approximate surface area is 100 Å². The molecule has 1 aromatic rings. The van der Waals surface area contributed by atoms with Crippen LogP contribution in [0.1, 0.15) is 0 Å². The van der Waals surface area contributed by atoms with Crippen LogP contribution in [0.5, 0.6) is 0 Å². The largest absolute Gasteiger partial charge is 0.344 e. The zero-order chi connectivity index (χ0) is 12.8. The van der Waals surface area contributed by atoms with Crippen LogP contribution in [-0.4, -0.2) is 23.5 Å². The summed E-state index contributed by atoms with van der Waals surface area (Å²) in [6.07, 6.45) is 0. The van der Waals surface area contributed by atoms with Gasteiger partial charge in [-0.2, -0.15) is 5.01 Å². The van der Waals surface area contributed by atoms with E-state index in [0.29, 0.717) is 11.1 Å². The molecule has 5 nitrogen and oxygen atoms in total. The quantitative estimate of drug-likeness (QED) is 0.516. The summed E-state index contributed by atoms with van der Waals surface area (Å²) in [5.41, 5.74) is -0.250. The monoisotopic (exact) mass is 263 g/mol. The van der Waals surface area contributed by atoms with Gasteiger partial charge in [-0.25, -0.2) is 13.6 Å². The molecule has 0 fully saturated rings. The number of alkyl halides is 1. The topological polar surface area (TPSA) is 61.8 Å². The molecule has 8 heteroatoms. The van der Waals surface area contributed by atoms with Crippen LogP contribution in [0, 0.1) is 16.5 Å².